The van der Waals surface area contributed by atoms with Crippen molar-refractivity contribution < 1.29 is 14.3 Å². The fourth-order valence-electron chi connectivity index (χ4n) is 2.92. The fraction of sp³-hybridized carbons (Fsp3) is 0.316. The van der Waals surface area contributed by atoms with Crippen molar-refractivity contribution in [2.45, 2.75) is 31.7 Å². The molecule has 3 rings (SSSR count). The first-order valence-corrected chi connectivity index (χ1v) is 8.15. The Balaban J connectivity index is 1.56. The van der Waals surface area contributed by atoms with Crippen molar-refractivity contribution in [1.82, 2.24) is 9.88 Å². The highest BCUT2D eigenvalue weighted by Gasteiger charge is 2.37. The number of rotatable bonds is 6. The van der Waals surface area contributed by atoms with Gasteiger partial charge >= 0.3 is 6.09 Å². The zero-order valence-corrected chi connectivity index (χ0v) is 13.4. The van der Waals surface area contributed by atoms with E-state index in [4.69, 9.17) is 4.74 Å². The van der Waals surface area contributed by atoms with Crippen LogP contribution in [0.3, 0.4) is 0 Å². The van der Waals surface area contributed by atoms with Crippen molar-refractivity contribution >= 4 is 12.0 Å². The highest BCUT2D eigenvalue weighted by atomic mass is 16.6. The van der Waals surface area contributed by atoms with Crippen LogP contribution in [-0.2, 0) is 22.4 Å². The van der Waals surface area contributed by atoms with Crippen LogP contribution in [-0.4, -0.2) is 34.5 Å². The predicted molar refractivity (Wildman–Crippen MR) is 89.3 cm³/mol. The van der Waals surface area contributed by atoms with Crippen LogP contribution in [0.15, 0.2) is 54.9 Å². The Labute approximate surface area is 141 Å². The first kappa shape index (κ1) is 16.2. The monoisotopic (exact) mass is 324 g/mol. The van der Waals surface area contributed by atoms with E-state index in [1.165, 1.54) is 4.90 Å². The molecule has 0 spiro atoms. The number of hydrogen-bond donors (Lipinski definition) is 0. The van der Waals surface area contributed by atoms with Gasteiger partial charge in [-0.25, -0.2) is 9.69 Å². The summed E-state index contributed by atoms with van der Waals surface area (Å²) in [7, 11) is 0. The predicted octanol–water partition coefficient (Wildman–Crippen LogP) is 2.99. The number of cyclic esters (lactones) is 1. The molecule has 1 aromatic heterocycles. The molecule has 1 aliphatic heterocycles. The molecule has 1 fully saturated rings. The molecular formula is C19H20N2O3. The molecule has 1 saturated heterocycles. The Morgan fingerprint density at radius 2 is 1.88 bits per heavy atom. The third-order valence-electron chi connectivity index (χ3n) is 4.15. The Morgan fingerprint density at radius 1 is 1.12 bits per heavy atom. The summed E-state index contributed by atoms with van der Waals surface area (Å²) in [5.74, 6) is -0.160. The number of benzene rings is 1. The van der Waals surface area contributed by atoms with E-state index in [1.807, 2.05) is 42.5 Å². The molecule has 0 radical (unpaired) electrons. The summed E-state index contributed by atoms with van der Waals surface area (Å²) in [6, 6.07) is 13.5. The average molecular weight is 324 g/mol. The number of carbonyl (C=O) groups is 2. The van der Waals surface area contributed by atoms with Crippen molar-refractivity contribution in [3.8, 4) is 0 Å². The van der Waals surface area contributed by atoms with Gasteiger partial charge in [0, 0.05) is 18.8 Å². The molecule has 1 aromatic carbocycles. The smallest absolute Gasteiger partial charge is 0.416 e. The highest BCUT2D eigenvalue weighted by molar-refractivity contribution is 5.93. The van der Waals surface area contributed by atoms with E-state index in [-0.39, 0.29) is 18.6 Å². The summed E-state index contributed by atoms with van der Waals surface area (Å²) >= 11 is 0. The lowest BCUT2D eigenvalue weighted by atomic mass is 10.0. The molecule has 5 heteroatoms. The number of imide groups is 1. The number of carbonyl (C=O) groups excluding carboxylic acids is 2. The van der Waals surface area contributed by atoms with E-state index < -0.39 is 6.09 Å². The van der Waals surface area contributed by atoms with Gasteiger partial charge in [0.05, 0.1) is 6.04 Å². The molecule has 1 atom stereocenters. The van der Waals surface area contributed by atoms with Gasteiger partial charge in [0.1, 0.15) is 6.61 Å². The van der Waals surface area contributed by atoms with E-state index in [9.17, 15) is 9.59 Å². The van der Waals surface area contributed by atoms with E-state index in [0.717, 1.165) is 17.5 Å². The maximum atomic E-state index is 12.5. The van der Waals surface area contributed by atoms with Crippen LogP contribution in [0.4, 0.5) is 4.79 Å². The quantitative estimate of drug-likeness (QED) is 0.819. The third-order valence-corrected chi connectivity index (χ3v) is 4.15. The topological polar surface area (TPSA) is 59.5 Å². The fourth-order valence-corrected chi connectivity index (χ4v) is 2.92. The normalized spacial score (nSPS) is 16.9. The highest BCUT2D eigenvalue weighted by Crippen LogP contribution is 2.19. The van der Waals surface area contributed by atoms with Gasteiger partial charge in [-0.1, -0.05) is 30.3 Å². The van der Waals surface area contributed by atoms with E-state index in [2.05, 4.69) is 4.98 Å². The van der Waals surface area contributed by atoms with E-state index >= 15 is 0 Å². The van der Waals surface area contributed by atoms with Gasteiger partial charge in [0.15, 0.2) is 0 Å². The molecule has 0 unspecified atom stereocenters. The van der Waals surface area contributed by atoms with Crippen LogP contribution < -0.4 is 0 Å². The van der Waals surface area contributed by atoms with Crippen molar-refractivity contribution in [3.63, 3.8) is 0 Å². The molecule has 124 valence electrons. The first-order valence-electron chi connectivity index (χ1n) is 8.15. The Morgan fingerprint density at radius 3 is 2.62 bits per heavy atom. The van der Waals surface area contributed by atoms with Crippen LogP contribution in [0, 0.1) is 0 Å². The zero-order chi connectivity index (χ0) is 16.8. The lowest BCUT2D eigenvalue weighted by Crippen LogP contribution is -2.40. The van der Waals surface area contributed by atoms with Crippen LogP contribution in [0.1, 0.15) is 24.0 Å². The zero-order valence-electron chi connectivity index (χ0n) is 13.4. The molecule has 0 saturated carbocycles. The average Bonchev–Trinajstić information content (AvgIpc) is 2.97. The molecular weight excluding hydrogens is 304 g/mol. The molecule has 0 aliphatic carbocycles. The Hall–Kier alpha value is -2.69. The summed E-state index contributed by atoms with van der Waals surface area (Å²) in [5, 5.41) is 0. The molecule has 24 heavy (non-hydrogen) atoms. The van der Waals surface area contributed by atoms with Gasteiger partial charge < -0.3 is 4.74 Å². The molecule has 1 aliphatic rings. The largest absolute Gasteiger partial charge is 0.447 e. The first-order chi connectivity index (χ1) is 11.7. The van der Waals surface area contributed by atoms with Crippen molar-refractivity contribution in [1.29, 1.82) is 0 Å². The maximum Gasteiger partial charge on any atom is 0.416 e. The van der Waals surface area contributed by atoms with E-state index in [1.54, 1.807) is 12.4 Å². The van der Waals surface area contributed by atoms with Crippen molar-refractivity contribution in [2.24, 2.45) is 0 Å². The van der Waals surface area contributed by atoms with Crippen molar-refractivity contribution in [3.05, 3.63) is 66.0 Å². The minimum Gasteiger partial charge on any atom is -0.447 e. The van der Waals surface area contributed by atoms with Gasteiger partial charge in [-0.2, -0.15) is 0 Å². The number of aryl methyl sites for hydroxylation is 1. The summed E-state index contributed by atoms with van der Waals surface area (Å²) in [4.78, 5) is 29.6. The minimum absolute atomic E-state index is 0.160. The van der Waals surface area contributed by atoms with Crippen LogP contribution in [0.5, 0.6) is 0 Å². The summed E-state index contributed by atoms with van der Waals surface area (Å²) in [6.45, 7) is 0.268. The number of ether oxygens (including phenoxy) is 1. The molecule has 2 amide bonds. The van der Waals surface area contributed by atoms with Crippen LogP contribution in [0.25, 0.3) is 0 Å². The third kappa shape index (κ3) is 3.98. The van der Waals surface area contributed by atoms with Gasteiger partial charge in [0.2, 0.25) is 5.91 Å². The second-order valence-corrected chi connectivity index (χ2v) is 5.89. The number of amides is 2. The number of nitrogens with zero attached hydrogens (tertiary/aromatic N) is 2. The molecule has 2 heterocycles. The molecule has 0 N–H and O–H groups in total. The molecule has 2 aromatic rings. The Kier molecular flexibility index (Phi) is 5.21. The summed E-state index contributed by atoms with van der Waals surface area (Å²) in [6.07, 6.45) is 5.41. The van der Waals surface area contributed by atoms with Gasteiger partial charge in [-0.15, -0.1) is 0 Å². The second-order valence-electron chi connectivity index (χ2n) is 5.89. The summed E-state index contributed by atoms with van der Waals surface area (Å²) in [5.41, 5.74) is 2.23. The molecule has 0 bridgehead atoms. The minimum atomic E-state index is -0.523. The SMILES string of the molecule is O=C(CCCc1ccncc1)N1C(=O)OC[C@H]1Cc1ccccc1. The number of pyridine rings is 1. The Bertz CT molecular complexity index is 688. The number of hydrogen-bond acceptors (Lipinski definition) is 4. The van der Waals surface area contributed by atoms with Gasteiger partial charge in [0.25, 0.3) is 0 Å². The maximum absolute atomic E-state index is 12.5. The lowest BCUT2D eigenvalue weighted by molar-refractivity contribution is -0.129. The van der Waals surface area contributed by atoms with Gasteiger partial charge in [-0.3, -0.25) is 9.78 Å². The second kappa shape index (κ2) is 7.73. The van der Waals surface area contributed by atoms with Gasteiger partial charge in [-0.05, 0) is 42.5 Å². The standard InChI is InChI=1S/C19H20N2O3/c22-18(8-4-7-15-9-11-20-12-10-15)21-17(14-24-19(21)23)13-16-5-2-1-3-6-16/h1-3,5-6,9-12,17H,4,7-8,13-14H2/t17-/m1/s1. The lowest BCUT2D eigenvalue weighted by Gasteiger charge is -2.19. The van der Waals surface area contributed by atoms with Crippen LogP contribution in [0.2, 0.25) is 0 Å². The van der Waals surface area contributed by atoms with Crippen molar-refractivity contribution in [2.75, 3.05) is 6.61 Å². The molecule has 5 nitrogen and oxygen atoms in total. The number of aromatic nitrogens is 1. The van der Waals surface area contributed by atoms with Crippen LogP contribution >= 0.6 is 0 Å². The van der Waals surface area contributed by atoms with E-state index in [0.29, 0.717) is 19.3 Å². The summed E-state index contributed by atoms with van der Waals surface area (Å²) < 4.78 is 5.09.